The van der Waals surface area contributed by atoms with Crippen molar-refractivity contribution in [1.29, 1.82) is 0 Å². The number of carbonyl (C=O) groups is 1. The van der Waals surface area contributed by atoms with E-state index >= 15 is 0 Å². The molecule has 0 saturated carbocycles. The Morgan fingerprint density at radius 3 is 2.90 bits per heavy atom. The first-order chi connectivity index (χ1) is 9.88. The Bertz CT molecular complexity index is 563. The highest BCUT2D eigenvalue weighted by Crippen LogP contribution is 2.27. The van der Waals surface area contributed by atoms with Crippen molar-refractivity contribution >= 4 is 17.5 Å². The van der Waals surface area contributed by atoms with Crippen LogP contribution in [0, 0.1) is 16.0 Å². The smallest absolute Gasteiger partial charge is 0.337 e. The molecule has 1 atom stereocenters. The highest BCUT2D eigenvalue weighted by molar-refractivity contribution is 5.88. The molecule has 21 heavy (non-hydrogen) atoms. The number of nitro groups is 1. The molecule has 0 spiro atoms. The van der Waals surface area contributed by atoms with Crippen LogP contribution >= 0.6 is 0 Å². The normalized spacial score (nSPS) is 18.7. The first-order valence-corrected chi connectivity index (χ1v) is 6.66. The van der Waals surface area contributed by atoms with Crippen molar-refractivity contribution in [3.05, 3.63) is 27.9 Å². The summed E-state index contributed by atoms with van der Waals surface area (Å²) in [6, 6.07) is 1.06. The number of pyridine rings is 1. The number of anilines is 1. The molecule has 114 valence electrons. The molecule has 0 amide bonds. The van der Waals surface area contributed by atoms with Crippen molar-refractivity contribution in [3.63, 3.8) is 0 Å². The van der Waals surface area contributed by atoms with E-state index in [9.17, 15) is 14.9 Å². The van der Waals surface area contributed by atoms with Gasteiger partial charge in [-0.05, 0) is 25.9 Å². The van der Waals surface area contributed by atoms with Gasteiger partial charge in [0.05, 0.1) is 10.5 Å². The van der Waals surface area contributed by atoms with Crippen molar-refractivity contribution in [2.45, 2.75) is 6.42 Å². The number of aromatic nitrogens is 1. The molecule has 1 aromatic rings. The monoisotopic (exact) mass is 294 g/mol. The van der Waals surface area contributed by atoms with Gasteiger partial charge in [0.2, 0.25) is 5.82 Å². The number of likely N-dealkylation sites (tertiary alicyclic amines) is 1. The van der Waals surface area contributed by atoms with Crippen LogP contribution in [0.3, 0.4) is 0 Å². The molecule has 1 fully saturated rings. The second-order valence-corrected chi connectivity index (χ2v) is 5.43. The van der Waals surface area contributed by atoms with E-state index in [0.717, 1.165) is 31.8 Å². The minimum absolute atomic E-state index is 0.181. The average molecular weight is 294 g/mol. The van der Waals surface area contributed by atoms with Crippen LogP contribution in [0.25, 0.3) is 0 Å². The van der Waals surface area contributed by atoms with Crippen molar-refractivity contribution in [2.24, 2.45) is 5.92 Å². The molecule has 8 heteroatoms. The van der Waals surface area contributed by atoms with Crippen molar-refractivity contribution < 1.29 is 14.8 Å². The molecule has 0 radical (unpaired) electrons. The maximum absolute atomic E-state index is 11.1. The lowest BCUT2D eigenvalue weighted by Gasteiger charge is -2.21. The van der Waals surface area contributed by atoms with E-state index < -0.39 is 10.9 Å². The number of hydrogen-bond donors (Lipinski definition) is 1. The van der Waals surface area contributed by atoms with Gasteiger partial charge in [-0.25, -0.2) is 9.78 Å². The molecule has 0 aromatic carbocycles. The molecule has 1 unspecified atom stereocenters. The van der Waals surface area contributed by atoms with E-state index in [1.165, 1.54) is 0 Å². The van der Waals surface area contributed by atoms with Crippen molar-refractivity contribution in [3.8, 4) is 0 Å². The van der Waals surface area contributed by atoms with Gasteiger partial charge >= 0.3 is 11.7 Å². The topological polar surface area (TPSA) is 99.8 Å². The minimum atomic E-state index is -1.22. The fourth-order valence-corrected chi connectivity index (χ4v) is 2.64. The predicted molar refractivity (Wildman–Crippen MR) is 76.7 cm³/mol. The lowest BCUT2D eigenvalue weighted by molar-refractivity contribution is -0.384. The summed E-state index contributed by atoms with van der Waals surface area (Å²) in [4.78, 5) is 29.3. The second-order valence-electron chi connectivity index (χ2n) is 5.43. The number of carboxylic acid groups (broad SMARTS) is 1. The predicted octanol–water partition coefficient (Wildman–Crippen LogP) is 1.08. The fraction of sp³-hybridized carbons (Fsp3) is 0.538. The van der Waals surface area contributed by atoms with Gasteiger partial charge in [0, 0.05) is 32.4 Å². The maximum Gasteiger partial charge on any atom is 0.337 e. The molecule has 0 aliphatic carbocycles. The van der Waals surface area contributed by atoms with Crippen LogP contribution in [0.15, 0.2) is 12.3 Å². The Balaban J connectivity index is 2.21. The van der Waals surface area contributed by atoms with E-state index in [0.29, 0.717) is 12.5 Å². The molecule has 1 N–H and O–H groups in total. The number of carboxylic acids is 1. The summed E-state index contributed by atoms with van der Waals surface area (Å²) >= 11 is 0. The highest BCUT2D eigenvalue weighted by atomic mass is 16.6. The van der Waals surface area contributed by atoms with Gasteiger partial charge < -0.3 is 14.9 Å². The summed E-state index contributed by atoms with van der Waals surface area (Å²) < 4.78 is 0. The zero-order valence-electron chi connectivity index (χ0n) is 12.0. The van der Waals surface area contributed by atoms with Gasteiger partial charge in [-0.15, -0.1) is 0 Å². The van der Waals surface area contributed by atoms with Crippen LogP contribution in [-0.4, -0.2) is 59.6 Å². The van der Waals surface area contributed by atoms with E-state index in [4.69, 9.17) is 5.11 Å². The maximum atomic E-state index is 11.1. The third-order valence-corrected chi connectivity index (χ3v) is 3.67. The van der Waals surface area contributed by atoms with Crippen molar-refractivity contribution in [1.82, 2.24) is 9.88 Å². The molecule has 1 aliphatic heterocycles. The third kappa shape index (κ3) is 3.46. The van der Waals surface area contributed by atoms with Gasteiger partial charge in [-0.1, -0.05) is 0 Å². The Morgan fingerprint density at radius 2 is 2.38 bits per heavy atom. The molecule has 1 aromatic heterocycles. The molecule has 2 heterocycles. The molecular weight excluding hydrogens is 276 g/mol. The summed E-state index contributed by atoms with van der Waals surface area (Å²) in [5.41, 5.74) is -0.455. The zero-order valence-corrected chi connectivity index (χ0v) is 12.0. The zero-order chi connectivity index (χ0) is 15.6. The number of hydrogen-bond acceptors (Lipinski definition) is 6. The second kappa shape index (κ2) is 6.04. The standard InChI is InChI=1S/C13H18N4O4/c1-15-4-3-9(7-15)8-16(2)12-11(17(20)21)5-10(6-14-12)13(18)19/h5-6,9H,3-4,7-8H2,1-2H3,(H,18,19). The summed E-state index contributed by atoms with van der Waals surface area (Å²) in [6.07, 6.45) is 2.20. The molecule has 1 aliphatic rings. The fourth-order valence-electron chi connectivity index (χ4n) is 2.64. The van der Waals surface area contributed by atoms with Crippen LogP contribution in [0.4, 0.5) is 11.5 Å². The SMILES string of the molecule is CN1CCC(CN(C)c2ncc(C(=O)O)cc2[N+](=O)[O-])C1. The van der Waals surface area contributed by atoms with Crippen molar-refractivity contribution in [2.75, 3.05) is 38.6 Å². The van der Waals surface area contributed by atoms with Crippen LogP contribution in [-0.2, 0) is 0 Å². The lowest BCUT2D eigenvalue weighted by atomic mass is 10.1. The first kappa shape index (κ1) is 15.2. The minimum Gasteiger partial charge on any atom is -0.478 e. The summed E-state index contributed by atoms with van der Waals surface area (Å²) in [5, 5.41) is 20.0. The third-order valence-electron chi connectivity index (χ3n) is 3.67. The number of nitrogens with zero attached hydrogens (tertiary/aromatic N) is 4. The number of aromatic carboxylic acids is 1. The molecule has 2 rings (SSSR count). The Kier molecular flexibility index (Phi) is 4.37. The van der Waals surface area contributed by atoms with Crippen LogP contribution in [0.5, 0.6) is 0 Å². The van der Waals surface area contributed by atoms with E-state index in [1.54, 1.807) is 11.9 Å². The molecule has 0 bridgehead atoms. The van der Waals surface area contributed by atoms with Gasteiger partial charge in [-0.2, -0.15) is 0 Å². The van der Waals surface area contributed by atoms with Gasteiger partial charge in [-0.3, -0.25) is 10.1 Å². The summed E-state index contributed by atoms with van der Waals surface area (Å²) in [7, 11) is 3.79. The summed E-state index contributed by atoms with van der Waals surface area (Å²) in [5.74, 6) is -0.586. The average Bonchev–Trinajstić information content (AvgIpc) is 2.83. The Morgan fingerprint density at radius 1 is 1.67 bits per heavy atom. The van der Waals surface area contributed by atoms with Crippen LogP contribution in [0.1, 0.15) is 16.8 Å². The van der Waals surface area contributed by atoms with Crippen LogP contribution < -0.4 is 4.90 Å². The van der Waals surface area contributed by atoms with E-state index in [-0.39, 0.29) is 17.1 Å². The quantitative estimate of drug-likeness (QED) is 0.640. The number of rotatable bonds is 5. The lowest BCUT2D eigenvalue weighted by Crippen LogP contribution is -2.28. The highest BCUT2D eigenvalue weighted by Gasteiger charge is 2.26. The van der Waals surface area contributed by atoms with E-state index in [1.807, 2.05) is 7.05 Å². The Hall–Kier alpha value is -2.22. The molecular formula is C13H18N4O4. The molecule has 1 saturated heterocycles. The largest absolute Gasteiger partial charge is 0.478 e. The molecule has 8 nitrogen and oxygen atoms in total. The summed E-state index contributed by atoms with van der Waals surface area (Å²) in [6.45, 7) is 2.63. The van der Waals surface area contributed by atoms with Gasteiger partial charge in [0.25, 0.3) is 0 Å². The van der Waals surface area contributed by atoms with Gasteiger partial charge in [0.15, 0.2) is 0 Å². The Labute approximate surface area is 122 Å². The van der Waals surface area contributed by atoms with E-state index in [2.05, 4.69) is 9.88 Å². The van der Waals surface area contributed by atoms with Gasteiger partial charge in [0.1, 0.15) is 0 Å². The van der Waals surface area contributed by atoms with Crippen LogP contribution in [0.2, 0.25) is 0 Å². The first-order valence-electron chi connectivity index (χ1n) is 6.66.